The SMILES string of the molecule is CCOc1cc(C(=O)N2CCC(C(N)=O)CC2)ccc1OCC(=O)O. The van der Waals surface area contributed by atoms with E-state index in [2.05, 4.69) is 0 Å². The second-order valence-electron chi connectivity index (χ2n) is 5.75. The lowest BCUT2D eigenvalue weighted by Gasteiger charge is -2.30. The maximum absolute atomic E-state index is 12.6. The molecule has 2 rings (SSSR count). The van der Waals surface area contributed by atoms with E-state index in [1.165, 1.54) is 6.07 Å². The molecule has 25 heavy (non-hydrogen) atoms. The molecule has 1 aliphatic rings. The van der Waals surface area contributed by atoms with E-state index in [4.69, 9.17) is 20.3 Å². The van der Waals surface area contributed by atoms with Gasteiger partial charge in [0.25, 0.3) is 5.91 Å². The molecule has 1 heterocycles. The van der Waals surface area contributed by atoms with Crippen molar-refractivity contribution in [1.82, 2.24) is 4.90 Å². The highest BCUT2D eigenvalue weighted by Crippen LogP contribution is 2.29. The van der Waals surface area contributed by atoms with Crippen LogP contribution in [0.4, 0.5) is 0 Å². The van der Waals surface area contributed by atoms with Crippen LogP contribution in [0.2, 0.25) is 0 Å². The summed E-state index contributed by atoms with van der Waals surface area (Å²) in [6.45, 7) is 2.57. The van der Waals surface area contributed by atoms with Crippen molar-refractivity contribution in [2.75, 3.05) is 26.3 Å². The Balaban J connectivity index is 2.10. The van der Waals surface area contributed by atoms with Crippen molar-refractivity contribution >= 4 is 17.8 Å². The van der Waals surface area contributed by atoms with Crippen LogP contribution in [0.5, 0.6) is 11.5 Å². The molecule has 0 spiro atoms. The second-order valence-corrected chi connectivity index (χ2v) is 5.75. The van der Waals surface area contributed by atoms with Crippen molar-refractivity contribution < 1.29 is 29.0 Å². The van der Waals surface area contributed by atoms with E-state index in [1.54, 1.807) is 24.0 Å². The Morgan fingerprint density at radius 1 is 1.20 bits per heavy atom. The monoisotopic (exact) mass is 350 g/mol. The number of rotatable bonds is 7. The number of primary amides is 1. The van der Waals surface area contributed by atoms with Gasteiger partial charge in [-0.15, -0.1) is 0 Å². The first-order valence-electron chi connectivity index (χ1n) is 8.12. The van der Waals surface area contributed by atoms with Crippen LogP contribution in [0.3, 0.4) is 0 Å². The minimum Gasteiger partial charge on any atom is -0.490 e. The van der Waals surface area contributed by atoms with Gasteiger partial charge in [-0.2, -0.15) is 0 Å². The number of piperidine rings is 1. The zero-order valence-electron chi connectivity index (χ0n) is 14.1. The summed E-state index contributed by atoms with van der Waals surface area (Å²) in [5.74, 6) is -1.19. The van der Waals surface area contributed by atoms with Gasteiger partial charge < -0.3 is 25.2 Å². The molecule has 1 aliphatic heterocycles. The van der Waals surface area contributed by atoms with Crippen molar-refractivity contribution in [2.24, 2.45) is 11.7 Å². The lowest BCUT2D eigenvalue weighted by molar-refractivity contribution is -0.139. The first kappa shape index (κ1) is 18.6. The Bertz CT molecular complexity index is 653. The highest BCUT2D eigenvalue weighted by Gasteiger charge is 2.27. The topological polar surface area (TPSA) is 119 Å². The van der Waals surface area contributed by atoms with Gasteiger partial charge in [0.15, 0.2) is 18.1 Å². The molecule has 0 radical (unpaired) electrons. The number of amides is 2. The molecule has 1 aromatic carbocycles. The zero-order chi connectivity index (χ0) is 18.4. The van der Waals surface area contributed by atoms with Crippen molar-refractivity contribution in [1.29, 1.82) is 0 Å². The summed E-state index contributed by atoms with van der Waals surface area (Å²) < 4.78 is 10.6. The molecular weight excluding hydrogens is 328 g/mol. The third-order valence-electron chi connectivity index (χ3n) is 4.03. The van der Waals surface area contributed by atoms with Crippen LogP contribution in [0.15, 0.2) is 18.2 Å². The highest BCUT2D eigenvalue weighted by molar-refractivity contribution is 5.95. The number of likely N-dealkylation sites (tertiary alicyclic amines) is 1. The number of carbonyl (C=O) groups is 3. The molecule has 2 amide bonds. The molecule has 8 nitrogen and oxygen atoms in total. The Labute approximate surface area is 145 Å². The molecule has 8 heteroatoms. The predicted molar refractivity (Wildman–Crippen MR) is 88.6 cm³/mol. The van der Waals surface area contributed by atoms with E-state index in [0.717, 1.165) is 0 Å². The van der Waals surface area contributed by atoms with Crippen molar-refractivity contribution in [3.8, 4) is 11.5 Å². The number of carbonyl (C=O) groups excluding carboxylic acids is 2. The maximum Gasteiger partial charge on any atom is 0.341 e. The largest absolute Gasteiger partial charge is 0.490 e. The van der Waals surface area contributed by atoms with Gasteiger partial charge in [0, 0.05) is 24.6 Å². The Morgan fingerprint density at radius 3 is 2.44 bits per heavy atom. The first-order chi connectivity index (χ1) is 11.9. The molecule has 0 saturated carbocycles. The highest BCUT2D eigenvalue weighted by atomic mass is 16.5. The number of hydrogen-bond donors (Lipinski definition) is 2. The minimum atomic E-state index is -1.10. The first-order valence-corrected chi connectivity index (χ1v) is 8.12. The second kappa shape index (κ2) is 8.36. The standard InChI is InChI=1S/C17H22N2O6/c1-2-24-14-9-12(3-4-13(14)25-10-15(20)21)17(23)19-7-5-11(6-8-19)16(18)22/h3-4,9,11H,2,5-8,10H2,1H3,(H2,18,22)(H,20,21). The third kappa shape index (κ3) is 4.85. The van der Waals surface area contributed by atoms with Crippen molar-refractivity contribution in [3.63, 3.8) is 0 Å². The van der Waals surface area contributed by atoms with Gasteiger partial charge in [0.2, 0.25) is 5.91 Å². The number of nitrogens with two attached hydrogens (primary N) is 1. The third-order valence-corrected chi connectivity index (χ3v) is 4.03. The Kier molecular flexibility index (Phi) is 6.21. The number of carboxylic acid groups (broad SMARTS) is 1. The number of aliphatic carboxylic acids is 1. The quantitative estimate of drug-likeness (QED) is 0.753. The smallest absolute Gasteiger partial charge is 0.341 e. The molecule has 1 aromatic rings. The van der Waals surface area contributed by atoms with Crippen LogP contribution in [0, 0.1) is 5.92 Å². The van der Waals surface area contributed by atoms with Crippen molar-refractivity contribution in [2.45, 2.75) is 19.8 Å². The number of carboxylic acids is 1. The molecule has 0 aliphatic carbocycles. The van der Waals surface area contributed by atoms with Crippen LogP contribution >= 0.6 is 0 Å². The lowest BCUT2D eigenvalue weighted by atomic mass is 9.96. The summed E-state index contributed by atoms with van der Waals surface area (Å²) in [4.78, 5) is 36.1. The van der Waals surface area contributed by atoms with Gasteiger partial charge in [0.05, 0.1) is 6.61 Å². The number of ether oxygens (including phenoxy) is 2. The van der Waals surface area contributed by atoms with Gasteiger partial charge >= 0.3 is 5.97 Å². The van der Waals surface area contributed by atoms with Crippen LogP contribution in [-0.2, 0) is 9.59 Å². The van der Waals surface area contributed by atoms with Crippen LogP contribution in [-0.4, -0.2) is 54.1 Å². The molecule has 0 aromatic heterocycles. The van der Waals surface area contributed by atoms with Gasteiger partial charge in [-0.1, -0.05) is 0 Å². The summed E-state index contributed by atoms with van der Waals surface area (Å²) in [7, 11) is 0. The van der Waals surface area contributed by atoms with E-state index in [0.29, 0.717) is 43.9 Å². The fourth-order valence-corrected chi connectivity index (χ4v) is 2.72. The Hall–Kier alpha value is -2.77. The fraction of sp³-hybridized carbons (Fsp3) is 0.471. The van der Waals surface area contributed by atoms with Gasteiger partial charge in [-0.05, 0) is 38.0 Å². The number of hydrogen-bond acceptors (Lipinski definition) is 5. The lowest BCUT2D eigenvalue weighted by Crippen LogP contribution is -2.41. The number of nitrogens with zero attached hydrogens (tertiary/aromatic N) is 1. The minimum absolute atomic E-state index is 0.173. The van der Waals surface area contributed by atoms with Gasteiger partial charge in [-0.3, -0.25) is 9.59 Å². The molecule has 0 atom stereocenters. The average Bonchev–Trinajstić information content (AvgIpc) is 2.60. The zero-order valence-corrected chi connectivity index (χ0v) is 14.1. The van der Waals surface area contributed by atoms with Gasteiger partial charge in [0.1, 0.15) is 0 Å². The van der Waals surface area contributed by atoms with Crippen LogP contribution < -0.4 is 15.2 Å². The van der Waals surface area contributed by atoms with Gasteiger partial charge in [-0.25, -0.2) is 4.79 Å². The molecular formula is C17H22N2O6. The van der Waals surface area contributed by atoms with E-state index < -0.39 is 12.6 Å². The molecule has 0 unspecified atom stereocenters. The van der Waals surface area contributed by atoms with Crippen molar-refractivity contribution in [3.05, 3.63) is 23.8 Å². The summed E-state index contributed by atoms with van der Waals surface area (Å²) in [5, 5.41) is 8.71. The van der Waals surface area contributed by atoms with E-state index >= 15 is 0 Å². The predicted octanol–water partition coefficient (Wildman–Crippen LogP) is 0.886. The molecule has 136 valence electrons. The summed E-state index contributed by atoms with van der Waals surface area (Å²) in [6.07, 6.45) is 1.11. The van der Waals surface area contributed by atoms with E-state index in [-0.39, 0.29) is 23.5 Å². The summed E-state index contributed by atoms with van der Waals surface area (Å²) in [5.41, 5.74) is 5.72. The molecule has 3 N–H and O–H groups in total. The summed E-state index contributed by atoms with van der Waals surface area (Å²) in [6, 6.07) is 4.64. The normalized spacial score (nSPS) is 14.8. The molecule has 1 fully saturated rings. The summed E-state index contributed by atoms with van der Waals surface area (Å²) >= 11 is 0. The maximum atomic E-state index is 12.6. The molecule has 0 bridgehead atoms. The van der Waals surface area contributed by atoms with Crippen LogP contribution in [0.25, 0.3) is 0 Å². The van der Waals surface area contributed by atoms with Crippen LogP contribution in [0.1, 0.15) is 30.1 Å². The Morgan fingerprint density at radius 2 is 1.88 bits per heavy atom. The average molecular weight is 350 g/mol. The fourth-order valence-electron chi connectivity index (χ4n) is 2.72. The number of benzene rings is 1. The van der Waals surface area contributed by atoms with E-state index in [9.17, 15) is 14.4 Å². The van der Waals surface area contributed by atoms with E-state index in [1.807, 2.05) is 0 Å². The molecule has 1 saturated heterocycles.